The molecule has 1 unspecified atom stereocenters. The lowest BCUT2D eigenvalue weighted by molar-refractivity contribution is 0.439. The largest absolute Gasteiger partial charge is 0.399 e. The van der Waals surface area contributed by atoms with E-state index in [1.54, 1.807) is 0 Å². The van der Waals surface area contributed by atoms with Crippen molar-refractivity contribution >= 4 is 11.4 Å². The molecule has 24 heavy (non-hydrogen) atoms. The minimum atomic E-state index is 0.417. The van der Waals surface area contributed by atoms with Crippen LogP contribution in [0.15, 0.2) is 48.5 Å². The normalized spacial score (nSPS) is 12.5. The molecule has 2 heteroatoms. The van der Waals surface area contributed by atoms with Crippen molar-refractivity contribution in [2.45, 2.75) is 58.3 Å². The van der Waals surface area contributed by atoms with Crippen molar-refractivity contribution in [1.29, 1.82) is 0 Å². The van der Waals surface area contributed by atoms with Gasteiger partial charge in [0.15, 0.2) is 0 Å². The molecule has 1 atom stereocenters. The zero-order valence-corrected chi connectivity index (χ0v) is 15.2. The Hall–Kier alpha value is -1.96. The van der Waals surface area contributed by atoms with E-state index in [0.717, 1.165) is 17.3 Å². The molecule has 2 rings (SSSR count). The summed E-state index contributed by atoms with van der Waals surface area (Å²) in [6, 6.07) is 16.7. The summed E-state index contributed by atoms with van der Waals surface area (Å²) < 4.78 is 0. The van der Waals surface area contributed by atoms with Gasteiger partial charge in [0, 0.05) is 17.3 Å². The minimum absolute atomic E-state index is 0.417. The minimum Gasteiger partial charge on any atom is -0.399 e. The Morgan fingerprint density at radius 1 is 0.708 bits per heavy atom. The lowest BCUT2D eigenvalue weighted by atomic mass is 9.84. The molecular weight excluding hydrogens is 292 g/mol. The quantitative estimate of drug-likeness (QED) is 0.440. The molecule has 4 N–H and O–H groups in total. The fourth-order valence-electron chi connectivity index (χ4n) is 3.32. The summed E-state index contributed by atoms with van der Waals surface area (Å²) in [6.07, 6.45) is 7.76. The molecule has 2 aromatic rings. The van der Waals surface area contributed by atoms with E-state index >= 15 is 0 Å². The molecule has 0 aliphatic rings. The van der Waals surface area contributed by atoms with Crippen molar-refractivity contribution in [3.8, 4) is 0 Å². The molecule has 0 aliphatic heterocycles. The highest BCUT2D eigenvalue weighted by Gasteiger charge is 2.15. The van der Waals surface area contributed by atoms with Crippen molar-refractivity contribution in [2.75, 3.05) is 11.5 Å². The van der Waals surface area contributed by atoms with Crippen LogP contribution in [0.2, 0.25) is 0 Å². The van der Waals surface area contributed by atoms with Crippen LogP contribution in [-0.4, -0.2) is 0 Å². The number of anilines is 2. The monoisotopic (exact) mass is 324 g/mol. The highest BCUT2D eigenvalue weighted by molar-refractivity contribution is 5.45. The molecule has 0 amide bonds. The number of rotatable bonds is 9. The lowest BCUT2D eigenvalue weighted by Crippen LogP contribution is -2.05. The molecule has 0 saturated carbocycles. The van der Waals surface area contributed by atoms with Crippen molar-refractivity contribution < 1.29 is 0 Å². The summed E-state index contributed by atoms with van der Waals surface area (Å²) in [7, 11) is 0. The predicted molar refractivity (Wildman–Crippen MR) is 106 cm³/mol. The summed E-state index contributed by atoms with van der Waals surface area (Å²) in [5, 5.41) is 0. The number of hydrogen-bond acceptors (Lipinski definition) is 2. The molecule has 0 heterocycles. The first kappa shape index (κ1) is 18.4. The Morgan fingerprint density at radius 3 is 1.67 bits per heavy atom. The Labute approximate surface area is 147 Å². The Balaban J connectivity index is 2.08. The Morgan fingerprint density at radius 2 is 1.21 bits per heavy atom. The average Bonchev–Trinajstić information content (AvgIpc) is 2.58. The van der Waals surface area contributed by atoms with Crippen LogP contribution in [0.4, 0.5) is 11.4 Å². The lowest BCUT2D eigenvalue weighted by Gasteiger charge is -2.21. The van der Waals surface area contributed by atoms with Crippen LogP contribution in [0.25, 0.3) is 0 Å². The van der Waals surface area contributed by atoms with Crippen LogP contribution in [0.1, 0.15) is 69.4 Å². The van der Waals surface area contributed by atoms with E-state index in [1.807, 2.05) is 24.3 Å². The van der Waals surface area contributed by atoms with Crippen LogP contribution < -0.4 is 11.5 Å². The number of hydrogen-bond donors (Lipinski definition) is 2. The maximum atomic E-state index is 5.86. The van der Waals surface area contributed by atoms with Gasteiger partial charge in [-0.15, -0.1) is 0 Å². The predicted octanol–water partition coefficient (Wildman–Crippen LogP) is 5.98. The fourth-order valence-corrected chi connectivity index (χ4v) is 3.32. The van der Waals surface area contributed by atoms with E-state index in [9.17, 15) is 0 Å². The fraction of sp³-hybridized carbons (Fsp3) is 0.455. The van der Waals surface area contributed by atoms with E-state index in [1.165, 1.54) is 49.7 Å². The second-order valence-corrected chi connectivity index (χ2v) is 7.06. The molecule has 2 nitrogen and oxygen atoms in total. The molecular formula is C22H32N2. The summed E-state index contributed by atoms with van der Waals surface area (Å²) in [5.74, 6) is 1.20. The molecule has 2 aromatic carbocycles. The first-order valence-corrected chi connectivity index (χ1v) is 9.31. The van der Waals surface area contributed by atoms with Crippen molar-refractivity contribution in [3.63, 3.8) is 0 Å². The van der Waals surface area contributed by atoms with Gasteiger partial charge in [-0.1, -0.05) is 63.8 Å². The van der Waals surface area contributed by atoms with Gasteiger partial charge in [-0.05, 0) is 54.2 Å². The smallest absolute Gasteiger partial charge is 0.0314 e. The standard InChI is InChI=1S/C22H32N2/c1-3-4-5-6-17(2)7-16-22(18-8-12-20(23)13-9-18)19-10-14-21(24)15-11-19/h8-15,17,22H,3-7,16,23-24H2,1-2H3. The highest BCUT2D eigenvalue weighted by atomic mass is 14.5. The topological polar surface area (TPSA) is 52.0 Å². The van der Waals surface area contributed by atoms with E-state index in [2.05, 4.69) is 38.1 Å². The number of unbranched alkanes of at least 4 members (excludes halogenated alkanes) is 2. The number of nitrogens with two attached hydrogens (primary N) is 2. The van der Waals surface area contributed by atoms with Crippen LogP contribution in [-0.2, 0) is 0 Å². The Bertz CT molecular complexity index is 541. The molecule has 0 spiro atoms. The number of benzene rings is 2. The molecule has 0 fully saturated rings. The van der Waals surface area contributed by atoms with Gasteiger partial charge in [0.1, 0.15) is 0 Å². The first-order chi connectivity index (χ1) is 11.6. The third kappa shape index (κ3) is 5.59. The molecule has 0 aliphatic carbocycles. The van der Waals surface area contributed by atoms with Gasteiger partial charge < -0.3 is 11.5 Å². The molecule has 0 aromatic heterocycles. The zero-order valence-electron chi connectivity index (χ0n) is 15.2. The van der Waals surface area contributed by atoms with E-state index in [-0.39, 0.29) is 0 Å². The highest BCUT2D eigenvalue weighted by Crippen LogP contribution is 2.32. The van der Waals surface area contributed by atoms with Gasteiger partial charge in [-0.2, -0.15) is 0 Å². The molecule has 130 valence electrons. The van der Waals surface area contributed by atoms with Crippen LogP contribution in [0, 0.1) is 5.92 Å². The zero-order chi connectivity index (χ0) is 17.4. The Kier molecular flexibility index (Phi) is 7.17. The van der Waals surface area contributed by atoms with Crippen LogP contribution >= 0.6 is 0 Å². The van der Waals surface area contributed by atoms with Crippen LogP contribution in [0.3, 0.4) is 0 Å². The van der Waals surface area contributed by atoms with Crippen LogP contribution in [0.5, 0.6) is 0 Å². The van der Waals surface area contributed by atoms with Gasteiger partial charge in [0.2, 0.25) is 0 Å². The summed E-state index contributed by atoms with van der Waals surface area (Å²) in [5.41, 5.74) is 16.0. The van der Waals surface area contributed by atoms with Gasteiger partial charge >= 0.3 is 0 Å². The van der Waals surface area contributed by atoms with Gasteiger partial charge in [-0.25, -0.2) is 0 Å². The van der Waals surface area contributed by atoms with E-state index < -0.39 is 0 Å². The SMILES string of the molecule is CCCCCC(C)CCC(c1ccc(N)cc1)c1ccc(N)cc1. The van der Waals surface area contributed by atoms with Crippen molar-refractivity contribution in [2.24, 2.45) is 5.92 Å². The molecule has 0 saturated heterocycles. The van der Waals surface area contributed by atoms with Gasteiger partial charge in [-0.3, -0.25) is 0 Å². The summed E-state index contributed by atoms with van der Waals surface area (Å²) >= 11 is 0. The van der Waals surface area contributed by atoms with E-state index in [4.69, 9.17) is 11.5 Å². The average molecular weight is 325 g/mol. The molecule has 0 radical (unpaired) electrons. The maximum Gasteiger partial charge on any atom is 0.0314 e. The third-order valence-electron chi connectivity index (χ3n) is 4.93. The van der Waals surface area contributed by atoms with Crippen molar-refractivity contribution in [1.82, 2.24) is 0 Å². The third-order valence-corrected chi connectivity index (χ3v) is 4.93. The maximum absolute atomic E-state index is 5.86. The second kappa shape index (κ2) is 9.36. The summed E-state index contributed by atoms with van der Waals surface area (Å²) in [6.45, 7) is 4.65. The summed E-state index contributed by atoms with van der Waals surface area (Å²) in [4.78, 5) is 0. The van der Waals surface area contributed by atoms with Crippen molar-refractivity contribution in [3.05, 3.63) is 59.7 Å². The number of nitrogen functional groups attached to an aromatic ring is 2. The second-order valence-electron chi connectivity index (χ2n) is 7.06. The van der Waals surface area contributed by atoms with Gasteiger partial charge in [0.25, 0.3) is 0 Å². The molecule has 0 bridgehead atoms. The van der Waals surface area contributed by atoms with Gasteiger partial charge in [0.05, 0.1) is 0 Å². The van der Waals surface area contributed by atoms with E-state index in [0.29, 0.717) is 5.92 Å². The first-order valence-electron chi connectivity index (χ1n) is 9.31.